The van der Waals surface area contributed by atoms with Crippen LogP contribution in [0.4, 0.5) is 0 Å². The second kappa shape index (κ2) is 19.5. The number of aliphatic hydroxyl groups is 1. The normalized spacial score (nSPS) is 16.2. The lowest BCUT2D eigenvalue weighted by Crippen LogP contribution is -2.50. The molecular formula is C33H68O4SSi2. The second-order valence-electron chi connectivity index (χ2n) is 14.0. The molecule has 0 saturated heterocycles. The van der Waals surface area contributed by atoms with Crippen LogP contribution in [0, 0.1) is 17.8 Å². The molecule has 0 spiro atoms. The summed E-state index contributed by atoms with van der Waals surface area (Å²) in [6.07, 6.45) is 4.52. The van der Waals surface area contributed by atoms with Crippen LogP contribution in [-0.4, -0.2) is 58.9 Å². The van der Waals surface area contributed by atoms with Crippen molar-refractivity contribution < 1.29 is 18.7 Å². The Morgan fingerprint density at radius 2 is 1.18 bits per heavy atom. The molecule has 0 aromatic rings. The molecule has 0 aliphatic heterocycles. The van der Waals surface area contributed by atoms with Crippen molar-refractivity contribution in [3.63, 3.8) is 0 Å². The Bertz CT molecular complexity index is 686. The lowest BCUT2D eigenvalue weighted by atomic mass is 9.95. The van der Waals surface area contributed by atoms with Crippen LogP contribution in [-0.2, 0) is 13.6 Å². The van der Waals surface area contributed by atoms with E-state index in [1.807, 2.05) is 6.26 Å². The highest BCUT2D eigenvalue weighted by molar-refractivity contribution is 7.98. The highest BCUT2D eigenvalue weighted by Crippen LogP contribution is 2.44. The van der Waals surface area contributed by atoms with E-state index in [4.69, 9.17) is 13.6 Å². The molecule has 0 radical (unpaired) electrons. The van der Waals surface area contributed by atoms with Crippen LogP contribution >= 0.6 is 11.8 Å². The van der Waals surface area contributed by atoms with Crippen molar-refractivity contribution in [2.75, 3.05) is 18.8 Å². The molecule has 4 atom stereocenters. The number of unbranched alkanes of at least 4 members (excludes halogenated alkanes) is 1. The van der Waals surface area contributed by atoms with E-state index in [1.165, 1.54) is 0 Å². The lowest BCUT2D eigenvalue weighted by molar-refractivity contribution is -0.00754. The minimum atomic E-state index is -1.91. The average molecular weight is 617 g/mol. The van der Waals surface area contributed by atoms with Crippen molar-refractivity contribution in [1.29, 1.82) is 0 Å². The van der Waals surface area contributed by atoms with Gasteiger partial charge in [-0.25, -0.2) is 0 Å². The minimum absolute atomic E-state index is 0.191. The molecule has 0 rings (SSSR count). The van der Waals surface area contributed by atoms with Gasteiger partial charge >= 0.3 is 0 Å². The number of thioether (sulfide) groups is 1. The first-order chi connectivity index (χ1) is 18.5. The largest absolute Gasteiger partial charge is 0.416 e. The van der Waals surface area contributed by atoms with Gasteiger partial charge in [0.05, 0.1) is 12.0 Å². The summed E-state index contributed by atoms with van der Waals surface area (Å²) in [4.78, 5) is 0. The molecule has 0 amide bonds. The first kappa shape index (κ1) is 40.2. The second-order valence-corrected chi connectivity index (χ2v) is 25.6. The molecule has 1 N–H and O–H groups in total. The van der Waals surface area contributed by atoms with Gasteiger partial charge in [0.1, 0.15) is 6.10 Å². The van der Waals surface area contributed by atoms with Gasteiger partial charge in [0, 0.05) is 19.1 Å². The van der Waals surface area contributed by atoms with Crippen LogP contribution < -0.4 is 0 Å². The molecule has 0 bridgehead atoms. The number of ether oxygens (including phenoxy) is 1. The first-order valence-electron chi connectivity index (χ1n) is 16.1. The van der Waals surface area contributed by atoms with Gasteiger partial charge in [0.2, 0.25) is 8.32 Å². The topological polar surface area (TPSA) is 47.9 Å². The third-order valence-corrected chi connectivity index (χ3v) is 21.7. The maximum Gasteiger partial charge on any atom is 0.200 e. The maximum absolute atomic E-state index is 11.0. The smallest absolute Gasteiger partial charge is 0.200 e. The fourth-order valence-corrected chi connectivity index (χ4v) is 18.9. The molecule has 0 aromatic heterocycles. The summed E-state index contributed by atoms with van der Waals surface area (Å²) in [6, 6.07) is 0. The summed E-state index contributed by atoms with van der Waals surface area (Å²) in [5, 5.41) is 11.0. The van der Waals surface area contributed by atoms with Gasteiger partial charge in [-0.05, 0) is 71.6 Å². The molecule has 0 aliphatic carbocycles. The molecule has 0 aromatic carbocycles. The van der Waals surface area contributed by atoms with Crippen LogP contribution in [0.15, 0.2) is 0 Å². The van der Waals surface area contributed by atoms with E-state index in [1.54, 1.807) is 11.8 Å². The van der Waals surface area contributed by atoms with Crippen molar-refractivity contribution >= 4 is 28.4 Å². The zero-order valence-electron chi connectivity index (χ0n) is 29.1. The van der Waals surface area contributed by atoms with Gasteiger partial charge in [-0.3, -0.25) is 0 Å². The summed E-state index contributed by atoms with van der Waals surface area (Å²) < 4.78 is 19.7. The van der Waals surface area contributed by atoms with E-state index in [-0.39, 0.29) is 12.2 Å². The molecule has 0 unspecified atom stereocenters. The number of rotatable bonds is 20. The van der Waals surface area contributed by atoms with Gasteiger partial charge < -0.3 is 18.7 Å². The quantitative estimate of drug-likeness (QED) is 0.0638. The Morgan fingerprint density at radius 1 is 0.700 bits per heavy atom. The monoisotopic (exact) mass is 616 g/mol. The van der Waals surface area contributed by atoms with Gasteiger partial charge in [-0.15, -0.1) is 17.7 Å². The van der Waals surface area contributed by atoms with Crippen molar-refractivity contribution in [3.8, 4) is 11.8 Å². The number of hydrogen-bond donors (Lipinski definition) is 1. The van der Waals surface area contributed by atoms with Crippen LogP contribution in [0.1, 0.15) is 123 Å². The zero-order chi connectivity index (χ0) is 31.3. The fourth-order valence-electron chi connectivity index (χ4n) is 7.49. The molecule has 4 nitrogen and oxygen atoms in total. The summed E-state index contributed by atoms with van der Waals surface area (Å²) in [7, 11) is -3.75. The van der Waals surface area contributed by atoms with Crippen molar-refractivity contribution in [2.45, 2.75) is 174 Å². The maximum atomic E-state index is 11.0. The summed E-state index contributed by atoms with van der Waals surface area (Å²) in [5.74, 6) is 7.26. The highest BCUT2D eigenvalue weighted by atomic mass is 32.2. The number of aliphatic hydroxyl groups excluding tert-OH is 1. The third kappa shape index (κ3) is 11.7. The summed E-state index contributed by atoms with van der Waals surface area (Å²) >= 11 is 1.64. The molecular weight excluding hydrogens is 549 g/mol. The Labute approximate surface area is 257 Å². The average Bonchev–Trinajstić information content (AvgIpc) is 2.82. The Morgan fingerprint density at radius 3 is 1.60 bits per heavy atom. The van der Waals surface area contributed by atoms with E-state index in [2.05, 4.69) is 109 Å². The van der Waals surface area contributed by atoms with Crippen LogP contribution in [0.5, 0.6) is 0 Å². The van der Waals surface area contributed by atoms with E-state index in [0.717, 1.165) is 32.3 Å². The molecule has 40 heavy (non-hydrogen) atoms. The van der Waals surface area contributed by atoms with E-state index < -0.39 is 22.7 Å². The van der Waals surface area contributed by atoms with Crippen LogP contribution in [0.25, 0.3) is 0 Å². The molecule has 0 heterocycles. The molecule has 0 aliphatic rings. The summed E-state index contributed by atoms with van der Waals surface area (Å²) in [6.45, 7) is 33.2. The van der Waals surface area contributed by atoms with Crippen LogP contribution in [0.2, 0.25) is 33.2 Å². The third-order valence-electron chi connectivity index (χ3n) is 8.99. The van der Waals surface area contributed by atoms with E-state index in [9.17, 15) is 5.11 Å². The fraction of sp³-hybridized carbons (Fsp3) is 0.939. The predicted molar refractivity (Wildman–Crippen MR) is 183 cm³/mol. The van der Waals surface area contributed by atoms with Crippen molar-refractivity contribution in [2.24, 2.45) is 5.92 Å². The van der Waals surface area contributed by atoms with Crippen molar-refractivity contribution in [1.82, 2.24) is 0 Å². The highest BCUT2D eigenvalue weighted by Gasteiger charge is 2.46. The molecule has 0 saturated carbocycles. The first-order valence-corrected chi connectivity index (χ1v) is 21.8. The Kier molecular flexibility index (Phi) is 19.5. The predicted octanol–water partition coefficient (Wildman–Crippen LogP) is 10.0. The van der Waals surface area contributed by atoms with Gasteiger partial charge in [0.25, 0.3) is 0 Å². The van der Waals surface area contributed by atoms with Crippen molar-refractivity contribution in [3.05, 3.63) is 0 Å². The number of hydrogen-bond acceptors (Lipinski definition) is 5. The Hall–Kier alpha value is 0.184. The van der Waals surface area contributed by atoms with E-state index >= 15 is 0 Å². The van der Waals surface area contributed by atoms with Gasteiger partial charge in [0.15, 0.2) is 8.32 Å². The standard InChI is InChI=1S/C33H68O4SSi2/c1-24(2)39(25(3)4,26(5)6)36-20-18-16-17-19-32(34)33(35-23-38-15)22-30(13)21-31(14)37-40(27(7)8,28(9)10)29(11)12/h24-34H,16,18,20-23H2,1-15H3/t30-,31+,32+,33-/m1/s1. The molecule has 0 fully saturated rings. The minimum Gasteiger partial charge on any atom is -0.416 e. The molecule has 7 heteroatoms. The molecule has 238 valence electrons. The van der Waals surface area contributed by atoms with Gasteiger partial charge in [-0.2, -0.15) is 0 Å². The van der Waals surface area contributed by atoms with Gasteiger partial charge in [-0.1, -0.05) is 95.9 Å². The SMILES string of the molecule is CSCO[C@H](C[C@H](C)C[C@H](C)O[Si](C(C)C)(C(C)C)C(C)C)[C@@H](O)C#CCCCO[Si](C(C)C)(C(C)C)C(C)C. The zero-order valence-corrected chi connectivity index (χ0v) is 31.9. The summed E-state index contributed by atoms with van der Waals surface area (Å²) in [5.41, 5.74) is 3.49. The van der Waals surface area contributed by atoms with E-state index in [0.29, 0.717) is 45.1 Å². The van der Waals surface area contributed by atoms with Crippen LogP contribution in [0.3, 0.4) is 0 Å². The lowest BCUT2D eigenvalue weighted by Gasteiger charge is -2.44. The Balaban J connectivity index is 5.16.